The molecule has 0 radical (unpaired) electrons. The van der Waals surface area contributed by atoms with E-state index in [2.05, 4.69) is 10.1 Å². The Bertz CT molecular complexity index is 1110. The number of carbonyl (C=O) groups excluding carboxylic acids is 1. The fraction of sp³-hybridized carbons (Fsp3) is 0.227. The highest BCUT2D eigenvalue weighted by molar-refractivity contribution is 5.94. The van der Waals surface area contributed by atoms with E-state index in [4.69, 9.17) is 4.52 Å². The third-order valence-corrected chi connectivity index (χ3v) is 4.66. The van der Waals surface area contributed by atoms with Gasteiger partial charge in [-0.05, 0) is 12.1 Å². The van der Waals surface area contributed by atoms with Gasteiger partial charge in [0.15, 0.2) is 0 Å². The summed E-state index contributed by atoms with van der Waals surface area (Å²) in [4.78, 5) is 19.1. The lowest BCUT2D eigenvalue weighted by molar-refractivity contribution is 0.0781. The Balaban J connectivity index is 1.54. The number of nitrogens with zero attached hydrogens (tertiary/aromatic N) is 4. The molecule has 0 aliphatic heterocycles. The van der Waals surface area contributed by atoms with Gasteiger partial charge in [-0.3, -0.25) is 4.79 Å². The summed E-state index contributed by atoms with van der Waals surface area (Å²) in [5.41, 5.74) is 4.07. The Morgan fingerprint density at radius 3 is 2.64 bits per heavy atom. The molecule has 0 unspecified atom stereocenters. The van der Waals surface area contributed by atoms with E-state index >= 15 is 0 Å². The van der Waals surface area contributed by atoms with Crippen LogP contribution in [0.3, 0.4) is 0 Å². The Morgan fingerprint density at radius 1 is 1.14 bits per heavy atom. The molecule has 0 aliphatic rings. The average molecular weight is 374 g/mol. The number of carbonyl (C=O) groups is 1. The molecule has 0 fully saturated rings. The normalized spacial score (nSPS) is 11.3. The fourth-order valence-electron chi connectivity index (χ4n) is 3.08. The highest BCUT2D eigenvalue weighted by Crippen LogP contribution is 2.20. The van der Waals surface area contributed by atoms with E-state index in [1.54, 1.807) is 18.0 Å². The highest BCUT2D eigenvalue weighted by atomic mass is 16.5. The Kier molecular flexibility index (Phi) is 4.69. The molecule has 1 aromatic carbocycles. The molecular weight excluding hydrogens is 352 g/mol. The van der Waals surface area contributed by atoms with Crippen LogP contribution in [0.5, 0.6) is 0 Å². The van der Waals surface area contributed by atoms with Crippen molar-refractivity contribution in [2.45, 2.75) is 26.3 Å². The van der Waals surface area contributed by atoms with Crippen LogP contribution >= 0.6 is 0 Å². The molecule has 1 amide bonds. The largest absolute Gasteiger partial charge is 0.361 e. The number of rotatable bonds is 5. The number of hydrogen-bond donors (Lipinski definition) is 0. The number of benzene rings is 1. The van der Waals surface area contributed by atoms with E-state index in [1.807, 2.05) is 73.1 Å². The molecule has 28 heavy (non-hydrogen) atoms. The van der Waals surface area contributed by atoms with Crippen molar-refractivity contribution in [3.8, 4) is 11.3 Å². The summed E-state index contributed by atoms with van der Waals surface area (Å²) in [5, 5.41) is 4.06. The maximum atomic E-state index is 12.8. The van der Waals surface area contributed by atoms with Crippen LogP contribution in [0.4, 0.5) is 0 Å². The van der Waals surface area contributed by atoms with Crippen LogP contribution in [0.25, 0.3) is 16.9 Å². The summed E-state index contributed by atoms with van der Waals surface area (Å²) in [6, 6.07) is 15.6. The van der Waals surface area contributed by atoms with Gasteiger partial charge < -0.3 is 13.8 Å². The minimum atomic E-state index is -0.0778. The second-order valence-corrected chi connectivity index (χ2v) is 7.21. The van der Waals surface area contributed by atoms with Gasteiger partial charge in [0.05, 0.1) is 17.8 Å². The predicted octanol–water partition coefficient (Wildman–Crippen LogP) is 4.38. The SMILES string of the molecule is CC(C)c1cc(CN(C)C(=O)c2ccc3nc(-c4ccccc4)cn3c2)no1. The van der Waals surface area contributed by atoms with Gasteiger partial charge in [0.1, 0.15) is 17.1 Å². The lowest BCUT2D eigenvalue weighted by Gasteiger charge is -2.15. The van der Waals surface area contributed by atoms with E-state index in [9.17, 15) is 4.79 Å². The zero-order valence-corrected chi connectivity index (χ0v) is 16.2. The topological polar surface area (TPSA) is 63.6 Å². The van der Waals surface area contributed by atoms with Crippen molar-refractivity contribution in [3.05, 3.63) is 77.9 Å². The number of imidazole rings is 1. The third kappa shape index (κ3) is 3.53. The first kappa shape index (κ1) is 18.0. The molecule has 0 spiro atoms. The van der Waals surface area contributed by atoms with Crippen LogP contribution < -0.4 is 0 Å². The van der Waals surface area contributed by atoms with E-state index in [1.165, 1.54) is 0 Å². The second-order valence-electron chi connectivity index (χ2n) is 7.21. The van der Waals surface area contributed by atoms with Gasteiger partial charge in [0.25, 0.3) is 5.91 Å². The molecule has 0 aliphatic carbocycles. The molecular formula is C22H22N4O2. The van der Waals surface area contributed by atoms with E-state index < -0.39 is 0 Å². The van der Waals surface area contributed by atoms with Crippen molar-refractivity contribution in [3.63, 3.8) is 0 Å². The summed E-state index contributed by atoms with van der Waals surface area (Å²) in [6.45, 7) is 4.48. The standard InChI is InChI=1S/C22H22N4O2/c1-15(2)20-11-18(24-28-20)13-25(3)22(27)17-9-10-21-23-19(14-26(21)12-17)16-7-5-4-6-8-16/h4-12,14-15H,13H2,1-3H3. The van der Waals surface area contributed by atoms with E-state index in [0.717, 1.165) is 28.4 Å². The minimum Gasteiger partial charge on any atom is -0.361 e. The number of hydrogen-bond acceptors (Lipinski definition) is 4. The van der Waals surface area contributed by atoms with Gasteiger partial charge in [-0.2, -0.15) is 0 Å². The van der Waals surface area contributed by atoms with Crippen LogP contribution in [0.2, 0.25) is 0 Å². The first-order valence-corrected chi connectivity index (χ1v) is 9.26. The summed E-state index contributed by atoms with van der Waals surface area (Å²) in [5.74, 6) is 1.01. The van der Waals surface area contributed by atoms with E-state index in [-0.39, 0.29) is 11.8 Å². The van der Waals surface area contributed by atoms with E-state index in [0.29, 0.717) is 12.1 Å². The Labute approximate surface area is 163 Å². The molecule has 3 heterocycles. The molecule has 6 nitrogen and oxygen atoms in total. The first-order valence-electron chi connectivity index (χ1n) is 9.26. The van der Waals surface area contributed by atoms with Crippen molar-refractivity contribution in [1.82, 2.24) is 19.4 Å². The number of fused-ring (bicyclic) bond motifs is 1. The lowest BCUT2D eigenvalue weighted by Crippen LogP contribution is -2.26. The van der Waals surface area contributed by atoms with Crippen molar-refractivity contribution < 1.29 is 9.32 Å². The molecule has 3 aromatic heterocycles. The monoisotopic (exact) mass is 374 g/mol. The minimum absolute atomic E-state index is 0.0778. The van der Waals surface area contributed by atoms with Gasteiger partial charge in [-0.1, -0.05) is 49.3 Å². The number of amides is 1. The summed E-state index contributed by atoms with van der Waals surface area (Å²) < 4.78 is 7.20. The van der Waals surface area contributed by atoms with Crippen molar-refractivity contribution in [2.24, 2.45) is 0 Å². The molecule has 0 N–H and O–H groups in total. The second kappa shape index (κ2) is 7.31. The molecule has 0 saturated carbocycles. The highest BCUT2D eigenvalue weighted by Gasteiger charge is 2.16. The first-order chi connectivity index (χ1) is 13.5. The van der Waals surface area contributed by atoms with Gasteiger partial charge in [-0.15, -0.1) is 0 Å². The van der Waals surface area contributed by atoms with Gasteiger partial charge in [-0.25, -0.2) is 4.98 Å². The quantitative estimate of drug-likeness (QED) is 0.520. The van der Waals surface area contributed by atoms with Crippen LogP contribution in [0.15, 0.2) is 65.4 Å². The zero-order valence-electron chi connectivity index (χ0n) is 16.2. The van der Waals surface area contributed by atoms with Crippen molar-refractivity contribution >= 4 is 11.6 Å². The molecule has 4 aromatic rings. The van der Waals surface area contributed by atoms with Crippen LogP contribution in [0, 0.1) is 0 Å². The summed E-state index contributed by atoms with van der Waals surface area (Å²) in [7, 11) is 1.76. The van der Waals surface area contributed by atoms with Crippen LogP contribution in [-0.4, -0.2) is 32.4 Å². The van der Waals surface area contributed by atoms with Gasteiger partial charge in [0, 0.05) is 37.0 Å². The molecule has 0 bridgehead atoms. The fourth-order valence-corrected chi connectivity index (χ4v) is 3.08. The Morgan fingerprint density at radius 2 is 1.93 bits per heavy atom. The third-order valence-electron chi connectivity index (χ3n) is 4.66. The van der Waals surface area contributed by atoms with Gasteiger partial charge in [0.2, 0.25) is 0 Å². The summed E-state index contributed by atoms with van der Waals surface area (Å²) >= 11 is 0. The lowest BCUT2D eigenvalue weighted by atomic mass is 10.1. The number of pyridine rings is 1. The molecule has 0 saturated heterocycles. The van der Waals surface area contributed by atoms with Crippen molar-refractivity contribution in [2.75, 3.05) is 7.05 Å². The van der Waals surface area contributed by atoms with Crippen molar-refractivity contribution in [1.29, 1.82) is 0 Å². The molecule has 6 heteroatoms. The summed E-state index contributed by atoms with van der Waals surface area (Å²) in [6.07, 6.45) is 3.75. The van der Waals surface area contributed by atoms with Crippen LogP contribution in [0.1, 0.15) is 41.6 Å². The molecule has 4 rings (SSSR count). The smallest absolute Gasteiger partial charge is 0.255 e. The molecule has 0 atom stereocenters. The molecule has 142 valence electrons. The maximum Gasteiger partial charge on any atom is 0.255 e. The number of aromatic nitrogens is 3. The van der Waals surface area contributed by atoms with Gasteiger partial charge >= 0.3 is 0 Å². The van der Waals surface area contributed by atoms with Crippen LogP contribution in [-0.2, 0) is 6.54 Å². The maximum absolute atomic E-state index is 12.8. The Hall–Kier alpha value is -3.41. The average Bonchev–Trinajstić information content (AvgIpc) is 3.34. The zero-order chi connectivity index (χ0) is 19.7. The predicted molar refractivity (Wildman–Crippen MR) is 107 cm³/mol.